The summed E-state index contributed by atoms with van der Waals surface area (Å²) in [4.78, 5) is 0. The minimum Gasteiger partial charge on any atom is -0.495 e. The highest BCUT2D eigenvalue weighted by molar-refractivity contribution is 5.57. The van der Waals surface area contributed by atoms with Gasteiger partial charge < -0.3 is 15.8 Å². The molecular formula is C15H16F2N2O. The van der Waals surface area contributed by atoms with Gasteiger partial charge in [-0.05, 0) is 29.8 Å². The third kappa shape index (κ3) is 3.24. The average molecular weight is 278 g/mol. The Balaban J connectivity index is 2.28. The molecular weight excluding hydrogens is 262 g/mol. The van der Waals surface area contributed by atoms with Crippen molar-refractivity contribution in [1.82, 2.24) is 0 Å². The fraction of sp³-hybridized carbons (Fsp3) is 0.200. The summed E-state index contributed by atoms with van der Waals surface area (Å²) in [5.74, 6) is -0.608. The second kappa shape index (κ2) is 6.34. The predicted octanol–water partition coefficient (Wildman–Crippen LogP) is 3.09. The molecule has 1 unspecified atom stereocenters. The molecule has 0 aliphatic heterocycles. The first-order chi connectivity index (χ1) is 9.63. The van der Waals surface area contributed by atoms with Crippen molar-refractivity contribution in [3.63, 3.8) is 0 Å². The van der Waals surface area contributed by atoms with E-state index in [4.69, 9.17) is 10.5 Å². The first kappa shape index (κ1) is 14.3. The first-order valence-corrected chi connectivity index (χ1v) is 6.19. The lowest BCUT2D eigenvalue weighted by molar-refractivity contribution is 0.416. The van der Waals surface area contributed by atoms with Crippen molar-refractivity contribution in [2.45, 2.75) is 6.04 Å². The summed E-state index contributed by atoms with van der Waals surface area (Å²) in [6.45, 7) is 0.195. The van der Waals surface area contributed by atoms with Crippen LogP contribution < -0.4 is 15.8 Å². The summed E-state index contributed by atoms with van der Waals surface area (Å²) in [6, 6.07) is 10.2. The monoisotopic (exact) mass is 278 g/mol. The van der Waals surface area contributed by atoms with Crippen LogP contribution in [0.4, 0.5) is 14.5 Å². The highest BCUT2D eigenvalue weighted by atomic mass is 19.1. The maximum atomic E-state index is 13.3. The van der Waals surface area contributed by atoms with Crippen molar-refractivity contribution in [3.05, 3.63) is 59.7 Å². The smallest absolute Gasteiger partial charge is 0.141 e. The molecule has 0 aliphatic rings. The fourth-order valence-corrected chi connectivity index (χ4v) is 2.01. The van der Waals surface area contributed by atoms with Crippen LogP contribution in [0.15, 0.2) is 42.5 Å². The molecule has 20 heavy (non-hydrogen) atoms. The van der Waals surface area contributed by atoms with Crippen LogP contribution in [0.5, 0.6) is 5.75 Å². The van der Waals surface area contributed by atoms with E-state index in [1.807, 2.05) is 18.2 Å². The molecule has 0 aliphatic carbocycles. The van der Waals surface area contributed by atoms with Crippen LogP contribution in [-0.4, -0.2) is 13.7 Å². The summed E-state index contributed by atoms with van der Waals surface area (Å²) < 4.78 is 31.8. The topological polar surface area (TPSA) is 47.3 Å². The number of nitrogens with two attached hydrogens (primary N) is 1. The number of para-hydroxylation sites is 2. The largest absolute Gasteiger partial charge is 0.495 e. The molecule has 1 atom stereocenters. The summed E-state index contributed by atoms with van der Waals surface area (Å²) >= 11 is 0. The number of anilines is 1. The number of halogens is 2. The standard InChI is InChI=1S/C15H16F2N2O/c1-20-15-5-3-2-4-13(15)19-14(9-18)10-6-11(16)8-12(17)7-10/h2-8,14,19H,9,18H2,1H3. The Morgan fingerprint density at radius 3 is 2.40 bits per heavy atom. The molecule has 0 saturated heterocycles. The molecule has 5 heteroatoms. The average Bonchev–Trinajstić information content (AvgIpc) is 2.44. The molecule has 0 amide bonds. The normalized spacial score (nSPS) is 12.0. The second-order valence-electron chi connectivity index (χ2n) is 4.34. The Morgan fingerprint density at radius 1 is 1.15 bits per heavy atom. The van der Waals surface area contributed by atoms with E-state index in [2.05, 4.69) is 5.32 Å². The number of ether oxygens (including phenoxy) is 1. The van der Waals surface area contributed by atoms with Gasteiger partial charge in [0.15, 0.2) is 0 Å². The highest BCUT2D eigenvalue weighted by Gasteiger charge is 2.14. The lowest BCUT2D eigenvalue weighted by Crippen LogP contribution is -2.21. The van der Waals surface area contributed by atoms with Crippen LogP contribution in [0.3, 0.4) is 0 Å². The molecule has 0 radical (unpaired) electrons. The summed E-state index contributed by atoms with van der Waals surface area (Å²) in [5, 5.41) is 3.14. The van der Waals surface area contributed by atoms with Gasteiger partial charge in [0.2, 0.25) is 0 Å². The zero-order chi connectivity index (χ0) is 14.5. The molecule has 3 N–H and O–H groups in total. The number of nitrogens with one attached hydrogen (secondary N) is 1. The summed E-state index contributed by atoms with van der Waals surface area (Å²) in [7, 11) is 1.56. The van der Waals surface area contributed by atoms with Gasteiger partial charge >= 0.3 is 0 Å². The van der Waals surface area contributed by atoms with Gasteiger partial charge in [0.25, 0.3) is 0 Å². The molecule has 0 spiro atoms. The Bertz CT molecular complexity index is 570. The number of hydrogen-bond donors (Lipinski definition) is 2. The van der Waals surface area contributed by atoms with E-state index in [0.717, 1.165) is 11.8 Å². The van der Waals surface area contributed by atoms with Gasteiger partial charge in [0.1, 0.15) is 17.4 Å². The third-order valence-corrected chi connectivity index (χ3v) is 2.96. The molecule has 2 rings (SSSR count). The van der Waals surface area contributed by atoms with E-state index in [1.54, 1.807) is 13.2 Å². The Labute approximate surface area is 116 Å². The van der Waals surface area contributed by atoms with E-state index < -0.39 is 17.7 Å². The van der Waals surface area contributed by atoms with Crippen molar-refractivity contribution in [1.29, 1.82) is 0 Å². The van der Waals surface area contributed by atoms with Gasteiger partial charge in [-0.15, -0.1) is 0 Å². The van der Waals surface area contributed by atoms with Crippen molar-refractivity contribution in [2.24, 2.45) is 5.73 Å². The van der Waals surface area contributed by atoms with Crippen molar-refractivity contribution in [3.8, 4) is 5.75 Å². The summed E-state index contributed by atoms with van der Waals surface area (Å²) in [6.07, 6.45) is 0. The van der Waals surface area contributed by atoms with Gasteiger partial charge in [-0.2, -0.15) is 0 Å². The number of methoxy groups -OCH3 is 1. The minimum atomic E-state index is -0.625. The van der Waals surface area contributed by atoms with Crippen LogP contribution in [0.2, 0.25) is 0 Å². The van der Waals surface area contributed by atoms with Crippen molar-refractivity contribution >= 4 is 5.69 Å². The zero-order valence-electron chi connectivity index (χ0n) is 11.1. The van der Waals surface area contributed by atoms with E-state index in [-0.39, 0.29) is 6.54 Å². The molecule has 0 bridgehead atoms. The number of hydrogen-bond acceptors (Lipinski definition) is 3. The Kier molecular flexibility index (Phi) is 4.53. The van der Waals surface area contributed by atoms with Crippen LogP contribution in [0, 0.1) is 11.6 Å². The predicted molar refractivity (Wildman–Crippen MR) is 74.8 cm³/mol. The van der Waals surface area contributed by atoms with Crippen LogP contribution in [0.25, 0.3) is 0 Å². The molecule has 106 valence electrons. The third-order valence-electron chi connectivity index (χ3n) is 2.96. The number of rotatable bonds is 5. The van der Waals surface area contributed by atoms with E-state index in [0.29, 0.717) is 11.3 Å². The minimum absolute atomic E-state index is 0.195. The lowest BCUT2D eigenvalue weighted by Gasteiger charge is -2.20. The quantitative estimate of drug-likeness (QED) is 0.883. The molecule has 3 nitrogen and oxygen atoms in total. The highest BCUT2D eigenvalue weighted by Crippen LogP contribution is 2.28. The molecule has 0 heterocycles. The van der Waals surface area contributed by atoms with E-state index in [9.17, 15) is 8.78 Å². The maximum absolute atomic E-state index is 13.3. The fourth-order valence-electron chi connectivity index (χ4n) is 2.01. The van der Waals surface area contributed by atoms with Crippen LogP contribution in [-0.2, 0) is 0 Å². The van der Waals surface area contributed by atoms with E-state index in [1.165, 1.54) is 12.1 Å². The van der Waals surface area contributed by atoms with Crippen LogP contribution >= 0.6 is 0 Å². The SMILES string of the molecule is COc1ccccc1NC(CN)c1cc(F)cc(F)c1. The van der Waals surface area contributed by atoms with Gasteiger partial charge in [-0.1, -0.05) is 12.1 Å². The Hall–Kier alpha value is -2.14. The van der Waals surface area contributed by atoms with Gasteiger partial charge in [-0.3, -0.25) is 0 Å². The zero-order valence-corrected chi connectivity index (χ0v) is 11.1. The lowest BCUT2D eigenvalue weighted by atomic mass is 10.1. The second-order valence-corrected chi connectivity index (χ2v) is 4.34. The summed E-state index contributed by atoms with van der Waals surface area (Å²) in [5.41, 5.74) is 6.87. The van der Waals surface area contributed by atoms with Gasteiger partial charge in [-0.25, -0.2) is 8.78 Å². The molecule has 0 fully saturated rings. The molecule has 2 aromatic rings. The molecule has 0 saturated carbocycles. The van der Waals surface area contributed by atoms with Crippen molar-refractivity contribution < 1.29 is 13.5 Å². The molecule has 0 aromatic heterocycles. The van der Waals surface area contributed by atoms with Crippen molar-refractivity contribution in [2.75, 3.05) is 19.0 Å². The maximum Gasteiger partial charge on any atom is 0.141 e. The van der Waals surface area contributed by atoms with Gasteiger partial charge in [0.05, 0.1) is 18.8 Å². The number of benzene rings is 2. The van der Waals surface area contributed by atoms with Crippen LogP contribution in [0.1, 0.15) is 11.6 Å². The van der Waals surface area contributed by atoms with Gasteiger partial charge in [0, 0.05) is 12.6 Å². The molecule has 2 aromatic carbocycles. The van der Waals surface area contributed by atoms with E-state index >= 15 is 0 Å². The Morgan fingerprint density at radius 2 is 1.80 bits per heavy atom. The first-order valence-electron chi connectivity index (χ1n) is 6.19.